The number of nitrogens with zero attached hydrogens (tertiary/aromatic N) is 4. The SMILES string of the molecule is COc1cccc(CN(C)C(=O)C=Cc2cnc3c(c2)CN(CCN2CCOCC2)C(=O)N3)c1OC(C)C.Cl. The number of halogens is 1. The molecule has 3 amide bonds. The average molecular weight is 560 g/mol. The lowest BCUT2D eigenvalue weighted by molar-refractivity contribution is -0.125. The number of nitrogens with one attached hydrogen (secondary N) is 1. The predicted octanol–water partition coefficient (Wildman–Crippen LogP) is 3.65. The fourth-order valence-electron chi connectivity index (χ4n) is 4.42. The molecule has 10 nitrogen and oxygen atoms in total. The van der Waals surface area contributed by atoms with Gasteiger partial charge in [0, 0.05) is 63.2 Å². The molecule has 0 unspecified atom stereocenters. The van der Waals surface area contributed by atoms with Gasteiger partial charge in [0.15, 0.2) is 11.5 Å². The van der Waals surface area contributed by atoms with Gasteiger partial charge in [0.1, 0.15) is 5.82 Å². The molecule has 3 heterocycles. The predicted molar refractivity (Wildman–Crippen MR) is 152 cm³/mol. The number of para-hydroxylation sites is 1. The molecule has 11 heteroatoms. The Hall–Kier alpha value is -3.34. The van der Waals surface area contributed by atoms with Crippen LogP contribution in [0.25, 0.3) is 6.08 Å². The number of likely N-dealkylation sites (N-methyl/N-ethyl adjacent to an activating group) is 1. The molecule has 1 aromatic heterocycles. The summed E-state index contributed by atoms with van der Waals surface area (Å²) in [5.41, 5.74) is 2.58. The zero-order valence-corrected chi connectivity index (χ0v) is 23.8. The van der Waals surface area contributed by atoms with Crippen LogP contribution in [0.5, 0.6) is 11.5 Å². The molecule has 1 saturated heterocycles. The molecule has 1 N–H and O–H groups in total. The topological polar surface area (TPSA) is 96.5 Å². The fraction of sp³-hybridized carbons (Fsp3) is 0.464. The lowest BCUT2D eigenvalue weighted by atomic mass is 10.1. The van der Waals surface area contributed by atoms with Crippen LogP contribution >= 0.6 is 12.4 Å². The largest absolute Gasteiger partial charge is 0.493 e. The summed E-state index contributed by atoms with van der Waals surface area (Å²) in [6.45, 7) is 9.41. The molecule has 0 bridgehead atoms. The monoisotopic (exact) mass is 559 g/mol. The van der Waals surface area contributed by atoms with Gasteiger partial charge < -0.3 is 24.0 Å². The number of anilines is 1. The van der Waals surface area contributed by atoms with Crippen molar-refractivity contribution >= 4 is 36.2 Å². The number of carbonyl (C=O) groups excluding carboxylic acids is 2. The molecule has 1 aromatic carbocycles. The number of amides is 3. The molecule has 0 aliphatic carbocycles. The smallest absolute Gasteiger partial charge is 0.323 e. The molecular weight excluding hydrogens is 522 g/mol. The van der Waals surface area contributed by atoms with Crippen LogP contribution in [0.2, 0.25) is 0 Å². The van der Waals surface area contributed by atoms with Crippen LogP contribution in [-0.4, -0.2) is 91.3 Å². The second-order valence-electron chi connectivity index (χ2n) is 9.72. The Bertz CT molecular complexity index is 1170. The number of methoxy groups -OCH3 is 1. The van der Waals surface area contributed by atoms with Crippen molar-refractivity contribution in [3.63, 3.8) is 0 Å². The normalized spacial score (nSPS) is 15.5. The van der Waals surface area contributed by atoms with Crippen LogP contribution in [0.3, 0.4) is 0 Å². The minimum Gasteiger partial charge on any atom is -0.493 e. The lowest BCUT2D eigenvalue weighted by Gasteiger charge is -2.32. The molecule has 0 spiro atoms. The van der Waals surface area contributed by atoms with Gasteiger partial charge in [-0.1, -0.05) is 12.1 Å². The number of morpholine rings is 1. The van der Waals surface area contributed by atoms with Crippen LogP contribution in [0.4, 0.5) is 10.6 Å². The summed E-state index contributed by atoms with van der Waals surface area (Å²) in [6.07, 6.45) is 4.91. The molecule has 4 rings (SSSR count). The van der Waals surface area contributed by atoms with Crippen molar-refractivity contribution in [2.45, 2.75) is 33.0 Å². The van der Waals surface area contributed by atoms with E-state index in [9.17, 15) is 9.59 Å². The highest BCUT2D eigenvalue weighted by molar-refractivity contribution is 5.93. The lowest BCUT2D eigenvalue weighted by Crippen LogP contribution is -2.45. The zero-order valence-electron chi connectivity index (χ0n) is 23.0. The van der Waals surface area contributed by atoms with E-state index in [-0.39, 0.29) is 30.4 Å². The second kappa shape index (κ2) is 14.2. The van der Waals surface area contributed by atoms with E-state index < -0.39 is 0 Å². The van der Waals surface area contributed by atoms with Crippen LogP contribution < -0.4 is 14.8 Å². The average Bonchev–Trinajstić information content (AvgIpc) is 2.91. The highest BCUT2D eigenvalue weighted by Gasteiger charge is 2.24. The van der Waals surface area contributed by atoms with Gasteiger partial charge >= 0.3 is 6.03 Å². The maximum absolute atomic E-state index is 12.9. The van der Waals surface area contributed by atoms with E-state index in [2.05, 4.69) is 15.2 Å². The molecule has 0 radical (unpaired) electrons. The van der Waals surface area contributed by atoms with Crippen LogP contribution in [0, 0.1) is 0 Å². The number of fused-ring (bicyclic) bond motifs is 1. The molecule has 212 valence electrons. The number of ether oxygens (including phenoxy) is 3. The van der Waals surface area contributed by atoms with Crippen molar-refractivity contribution in [3.05, 3.63) is 53.2 Å². The Balaban J connectivity index is 0.00000420. The Kier molecular flexibility index (Phi) is 11.0. The number of pyridine rings is 1. The summed E-state index contributed by atoms with van der Waals surface area (Å²) in [4.78, 5) is 35.5. The van der Waals surface area contributed by atoms with Crippen molar-refractivity contribution in [2.75, 3.05) is 58.9 Å². The van der Waals surface area contributed by atoms with E-state index in [0.717, 1.165) is 49.5 Å². The van der Waals surface area contributed by atoms with Gasteiger partial charge in [-0.2, -0.15) is 0 Å². The summed E-state index contributed by atoms with van der Waals surface area (Å²) < 4.78 is 16.8. The van der Waals surface area contributed by atoms with Gasteiger partial charge in [0.25, 0.3) is 0 Å². The van der Waals surface area contributed by atoms with Crippen molar-refractivity contribution < 1.29 is 23.8 Å². The Labute approximate surface area is 236 Å². The summed E-state index contributed by atoms with van der Waals surface area (Å²) >= 11 is 0. The van der Waals surface area contributed by atoms with E-state index in [1.54, 1.807) is 36.2 Å². The molecule has 1 fully saturated rings. The Morgan fingerprint density at radius 1 is 1.26 bits per heavy atom. The van der Waals surface area contributed by atoms with Gasteiger partial charge in [0.05, 0.1) is 33.0 Å². The highest BCUT2D eigenvalue weighted by Crippen LogP contribution is 2.32. The minimum absolute atomic E-state index is 0. The summed E-state index contributed by atoms with van der Waals surface area (Å²) in [6, 6.07) is 7.48. The first-order valence-electron chi connectivity index (χ1n) is 12.9. The fourth-order valence-corrected chi connectivity index (χ4v) is 4.42. The first-order chi connectivity index (χ1) is 18.3. The summed E-state index contributed by atoms with van der Waals surface area (Å²) in [7, 11) is 3.35. The third-order valence-electron chi connectivity index (χ3n) is 6.49. The van der Waals surface area contributed by atoms with Gasteiger partial charge in [0.2, 0.25) is 5.91 Å². The van der Waals surface area contributed by atoms with E-state index in [1.807, 2.05) is 38.1 Å². The van der Waals surface area contributed by atoms with Crippen LogP contribution in [-0.2, 0) is 22.6 Å². The van der Waals surface area contributed by atoms with Gasteiger partial charge in [-0.05, 0) is 37.6 Å². The first kappa shape index (κ1) is 30.2. The molecule has 2 aromatic rings. The Morgan fingerprint density at radius 3 is 2.74 bits per heavy atom. The van der Waals surface area contributed by atoms with E-state index in [1.165, 1.54) is 6.08 Å². The number of carbonyl (C=O) groups is 2. The van der Waals surface area contributed by atoms with Crippen molar-refractivity contribution in [1.29, 1.82) is 0 Å². The number of benzene rings is 1. The Morgan fingerprint density at radius 2 is 2.03 bits per heavy atom. The number of rotatable bonds is 10. The first-order valence-corrected chi connectivity index (χ1v) is 12.9. The van der Waals surface area contributed by atoms with Crippen molar-refractivity contribution in [1.82, 2.24) is 19.7 Å². The van der Waals surface area contributed by atoms with Crippen molar-refractivity contribution in [2.24, 2.45) is 0 Å². The third-order valence-corrected chi connectivity index (χ3v) is 6.49. The quantitative estimate of drug-likeness (QED) is 0.444. The number of urea groups is 1. The van der Waals surface area contributed by atoms with Crippen LogP contribution in [0.15, 0.2) is 36.5 Å². The number of aromatic nitrogens is 1. The standard InChI is InChI=1S/C28H37N5O5.ClH/c1-20(2)38-26-22(6-5-7-24(26)36-4)18-31(3)25(34)9-8-21-16-23-19-33(28(35)30-27(23)29-17-21)11-10-32-12-14-37-15-13-32;/h5-9,16-17,20H,10-15,18-19H2,1-4H3,(H,29,30,35);1H. The molecular formula is C28H38ClN5O5. The van der Waals surface area contributed by atoms with Gasteiger partial charge in [-0.3, -0.25) is 15.0 Å². The molecule has 2 aliphatic heterocycles. The summed E-state index contributed by atoms with van der Waals surface area (Å²) in [5, 5.41) is 2.87. The minimum atomic E-state index is -0.151. The third kappa shape index (κ3) is 8.08. The molecule has 2 aliphatic rings. The molecule has 0 saturated carbocycles. The van der Waals surface area contributed by atoms with Crippen molar-refractivity contribution in [3.8, 4) is 11.5 Å². The maximum Gasteiger partial charge on any atom is 0.323 e. The number of hydrogen-bond acceptors (Lipinski definition) is 7. The van der Waals surface area contributed by atoms with E-state index in [4.69, 9.17) is 14.2 Å². The number of hydrogen-bond donors (Lipinski definition) is 1. The molecule has 39 heavy (non-hydrogen) atoms. The summed E-state index contributed by atoms with van der Waals surface area (Å²) in [5.74, 6) is 1.70. The van der Waals surface area contributed by atoms with Gasteiger partial charge in [-0.15, -0.1) is 12.4 Å². The van der Waals surface area contributed by atoms with E-state index >= 15 is 0 Å². The zero-order chi connectivity index (χ0) is 27.1. The maximum atomic E-state index is 12.9. The van der Waals surface area contributed by atoms with Gasteiger partial charge in [-0.25, -0.2) is 9.78 Å². The molecule has 0 atom stereocenters. The van der Waals surface area contributed by atoms with Crippen LogP contribution in [0.1, 0.15) is 30.5 Å². The van der Waals surface area contributed by atoms with E-state index in [0.29, 0.717) is 37.0 Å². The second-order valence-corrected chi connectivity index (χ2v) is 9.72. The highest BCUT2D eigenvalue weighted by atomic mass is 35.5.